The molecule has 0 atom stereocenters. The van der Waals surface area contributed by atoms with Crippen molar-refractivity contribution >= 4 is 21.7 Å². The Hall–Kier alpha value is -1.35. The standard InChI is InChI=1S/C11H9BrN2/c12-10-6-9(7-11(13)14-10)8-4-2-1-3-5-8/h1-7H,(H2,13,14). The van der Waals surface area contributed by atoms with Crippen LogP contribution in [0.1, 0.15) is 0 Å². The van der Waals surface area contributed by atoms with Gasteiger partial charge in [-0.1, -0.05) is 30.3 Å². The number of hydrogen-bond donors (Lipinski definition) is 1. The molecule has 0 aliphatic rings. The summed E-state index contributed by atoms with van der Waals surface area (Å²) in [4.78, 5) is 4.05. The van der Waals surface area contributed by atoms with Crippen molar-refractivity contribution in [2.45, 2.75) is 0 Å². The molecule has 0 radical (unpaired) electrons. The van der Waals surface area contributed by atoms with Crippen LogP contribution in [0.3, 0.4) is 0 Å². The summed E-state index contributed by atoms with van der Waals surface area (Å²) in [5.74, 6) is 0.526. The van der Waals surface area contributed by atoms with Gasteiger partial charge in [0.25, 0.3) is 0 Å². The average Bonchev–Trinajstić information content (AvgIpc) is 2.18. The maximum Gasteiger partial charge on any atom is 0.125 e. The van der Waals surface area contributed by atoms with E-state index in [1.54, 1.807) is 0 Å². The van der Waals surface area contributed by atoms with Crippen molar-refractivity contribution in [2.24, 2.45) is 0 Å². The summed E-state index contributed by atoms with van der Waals surface area (Å²) in [6.45, 7) is 0. The number of halogens is 1. The maximum atomic E-state index is 5.66. The fourth-order valence-electron chi connectivity index (χ4n) is 1.31. The van der Waals surface area contributed by atoms with Crippen LogP contribution in [0, 0.1) is 0 Å². The molecule has 3 heteroatoms. The Balaban J connectivity index is 2.52. The maximum absolute atomic E-state index is 5.66. The van der Waals surface area contributed by atoms with Gasteiger partial charge in [0.2, 0.25) is 0 Å². The number of nitrogens with zero attached hydrogens (tertiary/aromatic N) is 1. The summed E-state index contributed by atoms with van der Waals surface area (Å²) in [6.07, 6.45) is 0. The van der Waals surface area contributed by atoms with Crippen molar-refractivity contribution in [3.8, 4) is 11.1 Å². The lowest BCUT2D eigenvalue weighted by Gasteiger charge is -2.02. The van der Waals surface area contributed by atoms with Gasteiger partial charge in [-0.25, -0.2) is 4.98 Å². The van der Waals surface area contributed by atoms with Crippen molar-refractivity contribution in [3.05, 3.63) is 47.1 Å². The number of hydrogen-bond acceptors (Lipinski definition) is 2. The van der Waals surface area contributed by atoms with E-state index in [1.165, 1.54) is 0 Å². The van der Waals surface area contributed by atoms with Crippen LogP contribution in [0.5, 0.6) is 0 Å². The van der Waals surface area contributed by atoms with Gasteiger partial charge in [-0.05, 0) is 39.2 Å². The lowest BCUT2D eigenvalue weighted by molar-refractivity contribution is 1.29. The third-order valence-electron chi connectivity index (χ3n) is 1.92. The van der Waals surface area contributed by atoms with Crippen LogP contribution >= 0.6 is 15.9 Å². The van der Waals surface area contributed by atoms with Crippen LogP contribution in [-0.2, 0) is 0 Å². The summed E-state index contributed by atoms with van der Waals surface area (Å²) >= 11 is 3.32. The van der Waals surface area contributed by atoms with E-state index in [4.69, 9.17) is 5.73 Å². The second-order valence-electron chi connectivity index (χ2n) is 2.97. The molecule has 0 aliphatic carbocycles. The molecule has 0 saturated carbocycles. The topological polar surface area (TPSA) is 38.9 Å². The molecule has 0 fully saturated rings. The number of nitrogen functional groups attached to an aromatic ring is 1. The minimum absolute atomic E-state index is 0.526. The molecule has 0 bridgehead atoms. The van der Waals surface area contributed by atoms with Crippen LogP contribution in [0.2, 0.25) is 0 Å². The molecule has 14 heavy (non-hydrogen) atoms. The Bertz CT molecular complexity index is 420. The largest absolute Gasteiger partial charge is 0.384 e. The van der Waals surface area contributed by atoms with Crippen LogP contribution in [0.15, 0.2) is 47.1 Å². The fourth-order valence-corrected chi connectivity index (χ4v) is 1.77. The number of anilines is 1. The minimum atomic E-state index is 0.526. The fraction of sp³-hybridized carbons (Fsp3) is 0. The van der Waals surface area contributed by atoms with Gasteiger partial charge in [-0.2, -0.15) is 0 Å². The Kier molecular flexibility index (Phi) is 2.50. The van der Waals surface area contributed by atoms with Gasteiger partial charge in [0.1, 0.15) is 10.4 Å². The molecule has 0 aliphatic heterocycles. The molecule has 2 aromatic rings. The minimum Gasteiger partial charge on any atom is -0.384 e. The van der Waals surface area contributed by atoms with Crippen molar-refractivity contribution in [1.82, 2.24) is 4.98 Å². The molecule has 2 rings (SSSR count). The molecule has 0 amide bonds. The van der Waals surface area contributed by atoms with E-state index in [1.807, 2.05) is 42.5 Å². The summed E-state index contributed by atoms with van der Waals surface area (Å²) in [5, 5.41) is 0. The normalized spacial score (nSPS) is 10.1. The third kappa shape index (κ3) is 1.93. The van der Waals surface area contributed by atoms with E-state index >= 15 is 0 Å². The van der Waals surface area contributed by atoms with E-state index in [0.717, 1.165) is 15.7 Å². The monoisotopic (exact) mass is 248 g/mol. The molecular formula is C11H9BrN2. The van der Waals surface area contributed by atoms with Gasteiger partial charge in [-0.15, -0.1) is 0 Å². The van der Waals surface area contributed by atoms with Gasteiger partial charge in [-0.3, -0.25) is 0 Å². The van der Waals surface area contributed by atoms with Crippen LogP contribution in [0.4, 0.5) is 5.82 Å². The molecule has 2 N–H and O–H groups in total. The van der Waals surface area contributed by atoms with Gasteiger partial charge < -0.3 is 5.73 Å². The first-order valence-electron chi connectivity index (χ1n) is 4.24. The number of nitrogens with two attached hydrogens (primary N) is 1. The number of aromatic nitrogens is 1. The Morgan fingerprint density at radius 3 is 2.36 bits per heavy atom. The van der Waals surface area contributed by atoms with Gasteiger partial charge in [0, 0.05) is 0 Å². The summed E-state index contributed by atoms with van der Waals surface area (Å²) in [5.41, 5.74) is 7.87. The van der Waals surface area contributed by atoms with Gasteiger partial charge in [0.05, 0.1) is 0 Å². The molecule has 70 valence electrons. The molecular weight excluding hydrogens is 240 g/mol. The van der Waals surface area contributed by atoms with Crippen molar-refractivity contribution in [2.75, 3.05) is 5.73 Å². The highest BCUT2D eigenvalue weighted by Crippen LogP contribution is 2.23. The molecule has 1 heterocycles. The lowest BCUT2D eigenvalue weighted by Crippen LogP contribution is -1.91. The Morgan fingerprint density at radius 2 is 1.71 bits per heavy atom. The summed E-state index contributed by atoms with van der Waals surface area (Å²) in [7, 11) is 0. The van der Waals surface area contributed by atoms with E-state index in [2.05, 4.69) is 20.9 Å². The Labute approximate surface area is 90.9 Å². The molecule has 0 unspecified atom stereocenters. The molecule has 1 aromatic heterocycles. The molecule has 0 saturated heterocycles. The zero-order valence-electron chi connectivity index (χ0n) is 7.44. The first-order valence-corrected chi connectivity index (χ1v) is 5.03. The van der Waals surface area contributed by atoms with Crippen LogP contribution in [-0.4, -0.2) is 4.98 Å². The van der Waals surface area contributed by atoms with E-state index < -0.39 is 0 Å². The third-order valence-corrected chi connectivity index (χ3v) is 2.33. The van der Waals surface area contributed by atoms with Crippen molar-refractivity contribution in [1.29, 1.82) is 0 Å². The average molecular weight is 249 g/mol. The number of pyridine rings is 1. The highest BCUT2D eigenvalue weighted by atomic mass is 79.9. The highest BCUT2D eigenvalue weighted by Gasteiger charge is 2.00. The highest BCUT2D eigenvalue weighted by molar-refractivity contribution is 9.10. The van der Waals surface area contributed by atoms with Crippen LogP contribution < -0.4 is 5.73 Å². The van der Waals surface area contributed by atoms with Crippen LogP contribution in [0.25, 0.3) is 11.1 Å². The number of rotatable bonds is 1. The summed E-state index contributed by atoms with van der Waals surface area (Å²) < 4.78 is 0.761. The first kappa shape index (κ1) is 9.21. The first-order chi connectivity index (χ1) is 6.75. The van der Waals surface area contributed by atoms with E-state index in [0.29, 0.717) is 5.82 Å². The second-order valence-corrected chi connectivity index (χ2v) is 3.78. The smallest absolute Gasteiger partial charge is 0.125 e. The SMILES string of the molecule is Nc1cc(-c2ccccc2)cc(Br)n1. The molecule has 0 spiro atoms. The van der Waals surface area contributed by atoms with E-state index in [9.17, 15) is 0 Å². The predicted octanol–water partition coefficient (Wildman–Crippen LogP) is 3.09. The molecule has 1 aromatic carbocycles. The van der Waals surface area contributed by atoms with Gasteiger partial charge >= 0.3 is 0 Å². The summed E-state index contributed by atoms with van der Waals surface area (Å²) in [6, 6.07) is 13.9. The molecule has 2 nitrogen and oxygen atoms in total. The quantitative estimate of drug-likeness (QED) is 0.788. The van der Waals surface area contributed by atoms with Gasteiger partial charge in [0.15, 0.2) is 0 Å². The zero-order chi connectivity index (χ0) is 9.97. The second kappa shape index (κ2) is 3.80. The zero-order valence-corrected chi connectivity index (χ0v) is 9.03. The lowest BCUT2D eigenvalue weighted by atomic mass is 10.1. The number of benzene rings is 1. The van der Waals surface area contributed by atoms with Crippen molar-refractivity contribution in [3.63, 3.8) is 0 Å². The van der Waals surface area contributed by atoms with Crippen molar-refractivity contribution < 1.29 is 0 Å². The Morgan fingerprint density at radius 1 is 1.00 bits per heavy atom. The van der Waals surface area contributed by atoms with E-state index in [-0.39, 0.29) is 0 Å². The predicted molar refractivity (Wildman–Crippen MR) is 61.8 cm³/mol.